The normalized spacial score (nSPS) is 11.4. The third-order valence-corrected chi connectivity index (χ3v) is 4.24. The van der Waals surface area contributed by atoms with Crippen LogP contribution in [0.4, 0.5) is 5.69 Å². The summed E-state index contributed by atoms with van der Waals surface area (Å²) in [6.07, 6.45) is -1.16. The number of carbonyl (C=O) groups is 3. The Labute approximate surface area is 167 Å². The topological polar surface area (TPSA) is 105 Å². The SMILES string of the molecule is Cc1cccc(C)c1NC(=O)CNC(=O)C(C)OC(=O)c1ccc(Cl)cc1O. The van der Waals surface area contributed by atoms with Gasteiger partial charge in [0.15, 0.2) is 6.10 Å². The molecule has 7 nitrogen and oxygen atoms in total. The van der Waals surface area contributed by atoms with Gasteiger partial charge in [-0.2, -0.15) is 0 Å². The highest BCUT2D eigenvalue weighted by atomic mass is 35.5. The number of amides is 2. The second-order valence-corrected chi connectivity index (χ2v) is 6.68. The van der Waals surface area contributed by atoms with Crippen LogP contribution in [0, 0.1) is 13.8 Å². The Hall–Kier alpha value is -3.06. The number of halogens is 1. The van der Waals surface area contributed by atoms with Crippen molar-refractivity contribution in [2.24, 2.45) is 0 Å². The van der Waals surface area contributed by atoms with Crippen LogP contribution in [0.1, 0.15) is 28.4 Å². The summed E-state index contributed by atoms with van der Waals surface area (Å²) in [4.78, 5) is 36.2. The number of phenols is 1. The van der Waals surface area contributed by atoms with Gasteiger partial charge < -0.3 is 20.5 Å². The zero-order chi connectivity index (χ0) is 20.8. The average Bonchev–Trinajstić information content (AvgIpc) is 2.62. The van der Waals surface area contributed by atoms with Gasteiger partial charge in [0.05, 0.1) is 6.54 Å². The van der Waals surface area contributed by atoms with Gasteiger partial charge in [0.25, 0.3) is 5.91 Å². The maximum absolute atomic E-state index is 12.1. The van der Waals surface area contributed by atoms with E-state index in [1.54, 1.807) is 0 Å². The third-order valence-electron chi connectivity index (χ3n) is 4.00. The predicted octanol–water partition coefficient (Wildman–Crippen LogP) is 2.96. The van der Waals surface area contributed by atoms with Crippen LogP contribution in [0.2, 0.25) is 5.02 Å². The molecule has 1 atom stereocenters. The molecule has 8 heteroatoms. The molecule has 2 aromatic carbocycles. The van der Waals surface area contributed by atoms with Gasteiger partial charge in [-0.3, -0.25) is 9.59 Å². The Balaban J connectivity index is 1.88. The van der Waals surface area contributed by atoms with Gasteiger partial charge in [-0.05, 0) is 50.1 Å². The standard InChI is InChI=1S/C20H21ClN2O5/c1-11-5-4-6-12(2)18(11)23-17(25)10-22-19(26)13(3)28-20(27)15-8-7-14(21)9-16(15)24/h4-9,13,24H,10H2,1-3H3,(H,22,26)(H,23,25). The van der Waals surface area contributed by atoms with E-state index >= 15 is 0 Å². The van der Waals surface area contributed by atoms with E-state index in [1.807, 2.05) is 32.0 Å². The number of carbonyl (C=O) groups excluding carboxylic acids is 3. The van der Waals surface area contributed by atoms with Gasteiger partial charge in [0.2, 0.25) is 5.91 Å². The molecule has 148 valence electrons. The summed E-state index contributed by atoms with van der Waals surface area (Å²) in [6, 6.07) is 9.53. The zero-order valence-electron chi connectivity index (χ0n) is 15.7. The first kappa shape index (κ1) is 21.2. The summed E-state index contributed by atoms with van der Waals surface area (Å²) >= 11 is 5.71. The summed E-state index contributed by atoms with van der Waals surface area (Å²) in [5.41, 5.74) is 2.39. The number of aryl methyl sites for hydroxylation is 2. The second-order valence-electron chi connectivity index (χ2n) is 6.24. The number of ether oxygens (including phenoxy) is 1. The Kier molecular flexibility index (Phi) is 7.00. The van der Waals surface area contributed by atoms with Crippen LogP contribution in [0.15, 0.2) is 36.4 Å². The highest BCUT2D eigenvalue weighted by Crippen LogP contribution is 2.23. The van der Waals surface area contributed by atoms with Gasteiger partial charge in [-0.1, -0.05) is 29.8 Å². The number of anilines is 1. The fourth-order valence-electron chi connectivity index (χ4n) is 2.46. The number of benzene rings is 2. The van der Waals surface area contributed by atoms with E-state index in [0.717, 1.165) is 11.1 Å². The van der Waals surface area contributed by atoms with Crippen molar-refractivity contribution in [1.29, 1.82) is 0 Å². The number of aromatic hydroxyl groups is 1. The summed E-state index contributed by atoms with van der Waals surface area (Å²) in [6.45, 7) is 4.83. The van der Waals surface area contributed by atoms with Gasteiger partial charge in [0, 0.05) is 10.7 Å². The van der Waals surface area contributed by atoms with Crippen molar-refractivity contribution in [2.75, 3.05) is 11.9 Å². The van der Waals surface area contributed by atoms with E-state index in [1.165, 1.54) is 25.1 Å². The molecule has 3 N–H and O–H groups in total. The maximum Gasteiger partial charge on any atom is 0.342 e. The third kappa shape index (κ3) is 5.47. The monoisotopic (exact) mass is 404 g/mol. The fourth-order valence-corrected chi connectivity index (χ4v) is 2.63. The smallest absolute Gasteiger partial charge is 0.342 e. The molecule has 0 spiro atoms. The summed E-state index contributed by atoms with van der Waals surface area (Å²) < 4.78 is 5.02. The minimum atomic E-state index is -1.16. The van der Waals surface area contributed by atoms with Gasteiger partial charge >= 0.3 is 5.97 Å². The first-order valence-electron chi connectivity index (χ1n) is 8.52. The van der Waals surface area contributed by atoms with E-state index in [-0.39, 0.29) is 22.9 Å². The Morgan fingerprint density at radius 2 is 1.79 bits per heavy atom. The first-order valence-corrected chi connectivity index (χ1v) is 8.90. The zero-order valence-corrected chi connectivity index (χ0v) is 16.5. The van der Waals surface area contributed by atoms with Crippen LogP contribution in [0.3, 0.4) is 0 Å². The molecule has 0 aliphatic carbocycles. The van der Waals surface area contributed by atoms with Crippen molar-refractivity contribution in [3.8, 4) is 5.75 Å². The Morgan fingerprint density at radius 3 is 2.39 bits per heavy atom. The van der Waals surface area contributed by atoms with Crippen molar-refractivity contribution in [1.82, 2.24) is 5.32 Å². The maximum atomic E-state index is 12.1. The fraction of sp³-hybridized carbons (Fsp3) is 0.250. The van der Waals surface area contributed by atoms with E-state index in [0.29, 0.717) is 5.69 Å². The minimum absolute atomic E-state index is 0.114. The molecule has 0 aliphatic rings. The molecule has 2 rings (SSSR count). The molecule has 1 unspecified atom stereocenters. The molecular weight excluding hydrogens is 384 g/mol. The second kappa shape index (κ2) is 9.23. The lowest BCUT2D eigenvalue weighted by atomic mass is 10.1. The molecule has 2 amide bonds. The minimum Gasteiger partial charge on any atom is -0.507 e. The number of hydrogen-bond donors (Lipinski definition) is 3. The number of para-hydroxylation sites is 1. The van der Waals surface area contributed by atoms with Crippen LogP contribution in [0.25, 0.3) is 0 Å². The lowest BCUT2D eigenvalue weighted by Crippen LogP contribution is -2.40. The van der Waals surface area contributed by atoms with Crippen molar-refractivity contribution < 1.29 is 24.2 Å². The lowest BCUT2D eigenvalue weighted by molar-refractivity contribution is -0.130. The number of phenolic OH excluding ortho intramolecular Hbond substituents is 1. The van der Waals surface area contributed by atoms with E-state index in [9.17, 15) is 19.5 Å². The number of esters is 1. The highest BCUT2D eigenvalue weighted by molar-refractivity contribution is 6.30. The number of hydrogen-bond acceptors (Lipinski definition) is 5. The Morgan fingerprint density at radius 1 is 1.14 bits per heavy atom. The summed E-state index contributed by atoms with van der Waals surface area (Å²) in [5, 5.41) is 15.1. The van der Waals surface area contributed by atoms with Gasteiger partial charge in [-0.25, -0.2) is 4.79 Å². The van der Waals surface area contributed by atoms with E-state index < -0.39 is 23.9 Å². The van der Waals surface area contributed by atoms with Crippen LogP contribution < -0.4 is 10.6 Å². The molecule has 0 aromatic heterocycles. The Bertz CT molecular complexity index is 893. The van der Waals surface area contributed by atoms with Crippen molar-refractivity contribution >= 4 is 35.1 Å². The van der Waals surface area contributed by atoms with E-state index in [2.05, 4.69) is 10.6 Å². The average molecular weight is 405 g/mol. The quantitative estimate of drug-likeness (QED) is 0.642. The van der Waals surface area contributed by atoms with Crippen LogP contribution in [-0.4, -0.2) is 35.5 Å². The first-order chi connectivity index (χ1) is 13.2. The highest BCUT2D eigenvalue weighted by Gasteiger charge is 2.21. The van der Waals surface area contributed by atoms with Gasteiger partial charge in [-0.15, -0.1) is 0 Å². The van der Waals surface area contributed by atoms with Crippen molar-refractivity contribution in [3.05, 3.63) is 58.1 Å². The molecule has 0 bridgehead atoms. The molecule has 0 heterocycles. The van der Waals surface area contributed by atoms with Crippen molar-refractivity contribution in [2.45, 2.75) is 26.9 Å². The summed E-state index contributed by atoms with van der Waals surface area (Å²) in [7, 11) is 0. The summed E-state index contributed by atoms with van der Waals surface area (Å²) in [5.74, 6) is -2.27. The molecule has 28 heavy (non-hydrogen) atoms. The van der Waals surface area contributed by atoms with Crippen LogP contribution >= 0.6 is 11.6 Å². The van der Waals surface area contributed by atoms with Crippen LogP contribution in [-0.2, 0) is 14.3 Å². The van der Waals surface area contributed by atoms with E-state index in [4.69, 9.17) is 16.3 Å². The van der Waals surface area contributed by atoms with Crippen molar-refractivity contribution in [3.63, 3.8) is 0 Å². The molecule has 0 radical (unpaired) electrons. The molecule has 0 aliphatic heterocycles. The van der Waals surface area contributed by atoms with Crippen LogP contribution in [0.5, 0.6) is 5.75 Å². The predicted molar refractivity (Wildman–Crippen MR) is 106 cm³/mol. The molecule has 0 saturated heterocycles. The molecule has 0 saturated carbocycles. The largest absolute Gasteiger partial charge is 0.507 e. The molecular formula is C20H21ClN2O5. The number of rotatable bonds is 6. The van der Waals surface area contributed by atoms with Gasteiger partial charge in [0.1, 0.15) is 11.3 Å². The molecule has 0 fully saturated rings. The number of nitrogens with one attached hydrogen (secondary N) is 2. The molecule has 2 aromatic rings. The lowest BCUT2D eigenvalue weighted by Gasteiger charge is -2.15.